The van der Waals surface area contributed by atoms with E-state index in [-0.39, 0.29) is 12.5 Å². The monoisotopic (exact) mass is 388 g/mol. The number of rotatable bonds is 7. The Hall–Kier alpha value is -2.80. The van der Waals surface area contributed by atoms with Gasteiger partial charge in [-0.3, -0.25) is 9.69 Å². The summed E-state index contributed by atoms with van der Waals surface area (Å²) in [6.45, 7) is 2.18. The third-order valence-electron chi connectivity index (χ3n) is 4.80. The van der Waals surface area contributed by atoms with E-state index in [2.05, 4.69) is 5.16 Å². The fraction of sp³-hybridized carbons (Fsp3) is 0.333. The van der Waals surface area contributed by atoms with Crippen LogP contribution in [0, 0.1) is 17.6 Å². The molecule has 1 N–H and O–H groups in total. The second-order valence-electron chi connectivity index (χ2n) is 6.76. The molecule has 3 rings (SSSR count). The van der Waals surface area contributed by atoms with Crippen molar-refractivity contribution in [2.45, 2.75) is 12.8 Å². The van der Waals surface area contributed by atoms with Gasteiger partial charge in [-0.1, -0.05) is 29.4 Å². The summed E-state index contributed by atoms with van der Waals surface area (Å²) in [7, 11) is 0. The van der Waals surface area contributed by atoms with Crippen molar-refractivity contribution in [1.29, 1.82) is 0 Å². The SMILES string of the molecule is O=C(O)C1CCCN(CCO/N=C/c2cc(F)ccc2-c2ccccc2F)C1. The van der Waals surface area contributed by atoms with Crippen molar-refractivity contribution in [2.24, 2.45) is 11.1 Å². The van der Waals surface area contributed by atoms with Crippen LogP contribution in [0.2, 0.25) is 0 Å². The minimum Gasteiger partial charge on any atom is -0.481 e. The van der Waals surface area contributed by atoms with Gasteiger partial charge < -0.3 is 9.94 Å². The van der Waals surface area contributed by atoms with Gasteiger partial charge in [-0.2, -0.15) is 0 Å². The van der Waals surface area contributed by atoms with Crippen molar-refractivity contribution < 1.29 is 23.5 Å². The third kappa shape index (κ3) is 5.13. The third-order valence-corrected chi connectivity index (χ3v) is 4.80. The van der Waals surface area contributed by atoms with Crippen LogP contribution in [0.25, 0.3) is 11.1 Å². The molecule has 0 radical (unpaired) electrons. The van der Waals surface area contributed by atoms with E-state index in [1.807, 2.05) is 4.90 Å². The van der Waals surface area contributed by atoms with Crippen LogP contribution in [0.15, 0.2) is 47.6 Å². The first-order valence-corrected chi connectivity index (χ1v) is 9.19. The largest absolute Gasteiger partial charge is 0.481 e. The maximum atomic E-state index is 14.1. The molecule has 0 bridgehead atoms. The molecule has 1 unspecified atom stereocenters. The van der Waals surface area contributed by atoms with Crippen LogP contribution in [0.4, 0.5) is 8.78 Å². The predicted molar refractivity (Wildman–Crippen MR) is 102 cm³/mol. The van der Waals surface area contributed by atoms with Crippen molar-refractivity contribution in [3.8, 4) is 11.1 Å². The van der Waals surface area contributed by atoms with Gasteiger partial charge in [0.2, 0.25) is 0 Å². The number of benzene rings is 2. The first-order chi connectivity index (χ1) is 13.5. The molecule has 0 aliphatic carbocycles. The molecule has 1 aliphatic heterocycles. The zero-order valence-electron chi connectivity index (χ0n) is 15.4. The van der Waals surface area contributed by atoms with E-state index in [4.69, 9.17) is 9.94 Å². The van der Waals surface area contributed by atoms with E-state index in [1.54, 1.807) is 18.2 Å². The van der Waals surface area contributed by atoms with Crippen LogP contribution >= 0.6 is 0 Å². The van der Waals surface area contributed by atoms with Crippen LogP contribution in [-0.2, 0) is 9.63 Å². The number of piperidine rings is 1. The van der Waals surface area contributed by atoms with Gasteiger partial charge in [0.1, 0.15) is 18.2 Å². The van der Waals surface area contributed by atoms with E-state index in [9.17, 15) is 13.6 Å². The summed E-state index contributed by atoms with van der Waals surface area (Å²) in [6.07, 6.45) is 2.90. The number of carboxylic acid groups (broad SMARTS) is 1. The molecule has 0 saturated carbocycles. The Labute approximate surface area is 162 Å². The van der Waals surface area contributed by atoms with Crippen molar-refractivity contribution in [1.82, 2.24) is 4.90 Å². The number of likely N-dealkylation sites (tertiary alicyclic amines) is 1. The van der Waals surface area contributed by atoms with E-state index in [0.717, 1.165) is 13.0 Å². The Kier molecular flexibility index (Phi) is 6.71. The highest BCUT2D eigenvalue weighted by molar-refractivity contribution is 5.90. The zero-order valence-corrected chi connectivity index (χ0v) is 15.4. The minimum atomic E-state index is -0.768. The van der Waals surface area contributed by atoms with Crippen molar-refractivity contribution in [3.05, 3.63) is 59.7 Å². The number of carboxylic acids is 1. The summed E-state index contributed by atoms with van der Waals surface area (Å²) in [5.41, 5.74) is 1.29. The number of oxime groups is 1. The predicted octanol–water partition coefficient (Wildman–Crippen LogP) is 3.78. The number of carbonyl (C=O) groups is 1. The van der Waals surface area contributed by atoms with Crippen LogP contribution in [0.5, 0.6) is 0 Å². The number of aliphatic carboxylic acids is 1. The highest BCUT2D eigenvalue weighted by Crippen LogP contribution is 2.26. The molecule has 2 aromatic carbocycles. The van der Waals surface area contributed by atoms with Crippen molar-refractivity contribution in [3.63, 3.8) is 0 Å². The summed E-state index contributed by atoms with van der Waals surface area (Å²) in [5.74, 6) is -1.96. The number of halogens is 2. The molecule has 148 valence electrons. The molecule has 2 aromatic rings. The number of hydrogen-bond donors (Lipinski definition) is 1. The number of hydrogen-bond acceptors (Lipinski definition) is 4. The fourth-order valence-corrected chi connectivity index (χ4v) is 3.34. The van der Waals surface area contributed by atoms with Gasteiger partial charge >= 0.3 is 5.97 Å². The highest BCUT2D eigenvalue weighted by atomic mass is 19.1. The Bertz CT molecular complexity index is 857. The summed E-state index contributed by atoms with van der Waals surface area (Å²) in [6, 6.07) is 10.3. The molecule has 1 heterocycles. The molecule has 7 heteroatoms. The van der Waals surface area contributed by atoms with Gasteiger partial charge in [0.05, 0.1) is 12.1 Å². The minimum absolute atomic E-state index is 0.285. The van der Waals surface area contributed by atoms with Crippen molar-refractivity contribution in [2.75, 3.05) is 26.2 Å². The van der Waals surface area contributed by atoms with Gasteiger partial charge in [-0.05, 0) is 43.1 Å². The van der Waals surface area contributed by atoms with Crippen LogP contribution in [0.1, 0.15) is 18.4 Å². The summed E-state index contributed by atoms with van der Waals surface area (Å²) in [5, 5.41) is 13.0. The maximum Gasteiger partial charge on any atom is 0.307 e. The van der Waals surface area contributed by atoms with Gasteiger partial charge in [0.25, 0.3) is 0 Å². The molecule has 5 nitrogen and oxygen atoms in total. The van der Waals surface area contributed by atoms with Crippen LogP contribution in [-0.4, -0.2) is 48.4 Å². The Morgan fingerprint density at radius 1 is 1.25 bits per heavy atom. The second-order valence-corrected chi connectivity index (χ2v) is 6.76. The molecular formula is C21H22F2N2O3. The van der Waals surface area contributed by atoms with E-state index >= 15 is 0 Å². The Morgan fingerprint density at radius 2 is 2.07 bits per heavy atom. The molecule has 0 spiro atoms. The molecule has 1 atom stereocenters. The maximum absolute atomic E-state index is 14.1. The average molecular weight is 388 g/mol. The standard InChI is InChI=1S/C21H22F2N2O3/c22-17-7-8-18(19-5-1-2-6-20(19)23)16(12-17)13-24-28-11-10-25-9-3-4-15(14-25)21(26)27/h1-2,5-8,12-13,15H,3-4,9-11,14H2,(H,26,27)/b24-13+. The molecule has 0 amide bonds. The van der Waals surface area contributed by atoms with Gasteiger partial charge in [-0.25, -0.2) is 8.78 Å². The first kappa shape index (κ1) is 19.9. The molecule has 1 fully saturated rings. The van der Waals surface area contributed by atoms with Gasteiger partial charge in [0, 0.05) is 24.2 Å². The lowest BCUT2D eigenvalue weighted by atomic mass is 9.98. The summed E-state index contributed by atoms with van der Waals surface area (Å²) in [4.78, 5) is 18.4. The number of nitrogens with zero attached hydrogens (tertiary/aromatic N) is 2. The van der Waals surface area contributed by atoms with Crippen LogP contribution < -0.4 is 0 Å². The van der Waals surface area contributed by atoms with E-state index < -0.39 is 17.6 Å². The molecular weight excluding hydrogens is 366 g/mol. The molecule has 1 saturated heterocycles. The highest BCUT2D eigenvalue weighted by Gasteiger charge is 2.24. The second kappa shape index (κ2) is 9.41. The molecule has 1 aliphatic rings. The van der Waals surface area contributed by atoms with Gasteiger partial charge in [0.15, 0.2) is 0 Å². The lowest BCUT2D eigenvalue weighted by molar-refractivity contribution is -0.143. The zero-order chi connectivity index (χ0) is 19.9. The average Bonchev–Trinajstić information content (AvgIpc) is 2.69. The van der Waals surface area contributed by atoms with Gasteiger partial charge in [-0.15, -0.1) is 0 Å². The fourth-order valence-electron chi connectivity index (χ4n) is 3.34. The molecule has 0 aromatic heterocycles. The Balaban J connectivity index is 1.60. The normalized spacial score (nSPS) is 17.7. The molecule has 28 heavy (non-hydrogen) atoms. The Morgan fingerprint density at radius 3 is 2.86 bits per heavy atom. The summed E-state index contributed by atoms with van der Waals surface area (Å²) >= 11 is 0. The van der Waals surface area contributed by atoms with Crippen LogP contribution in [0.3, 0.4) is 0 Å². The van der Waals surface area contributed by atoms with E-state index in [1.165, 1.54) is 30.5 Å². The topological polar surface area (TPSA) is 62.1 Å². The smallest absolute Gasteiger partial charge is 0.307 e. The van der Waals surface area contributed by atoms with Crippen molar-refractivity contribution >= 4 is 12.2 Å². The summed E-state index contributed by atoms with van der Waals surface area (Å²) < 4.78 is 27.7. The lowest BCUT2D eigenvalue weighted by Gasteiger charge is -2.29. The van der Waals surface area contributed by atoms with E-state index in [0.29, 0.717) is 36.2 Å². The quantitative estimate of drug-likeness (QED) is 0.446. The lowest BCUT2D eigenvalue weighted by Crippen LogP contribution is -2.40. The first-order valence-electron chi connectivity index (χ1n) is 9.19.